The molecule has 2 aromatic heterocycles. The summed E-state index contributed by atoms with van der Waals surface area (Å²) in [4.78, 5) is 76.4. The highest BCUT2D eigenvalue weighted by molar-refractivity contribution is 6.36. The van der Waals surface area contributed by atoms with E-state index in [0.717, 1.165) is 4.90 Å². The second kappa shape index (κ2) is 16.2. The van der Waals surface area contributed by atoms with Gasteiger partial charge in [0, 0.05) is 43.0 Å². The van der Waals surface area contributed by atoms with Gasteiger partial charge in [-0.05, 0) is 42.8 Å². The van der Waals surface area contributed by atoms with Crippen molar-refractivity contribution < 1.29 is 38.2 Å². The first-order chi connectivity index (χ1) is 26.3. The number of aromatic nitrogens is 3. The van der Waals surface area contributed by atoms with Crippen molar-refractivity contribution in [2.75, 3.05) is 50.2 Å². The zero-order valence-electron chi connectivity index (χ0n) is 28.7. The summed E-state index contributed by atoms with van der Waals surface area (Å²) >= 11 is 6.53. The van der Waals surface area contributed by atoms with Gasteiger partial charge >= 0.3 is 0 Å². The fraction of sp³-hybridized carbons (Fsp3) is 0.237. The van der Waals surface area contributed by atoms with Crippen molar-refractivity contribution in [1.82, 2.24) is 25.2 Å². The molecule has 0 saturated carbocycles. The number of imide groups is 2. The van der Waals surface area contributed by atoms with Crippen molar-refractivity contribution in [1.29, 1.82) is 0 Å². The first kappa shape index (κ1) is 36.2. The number of nitrogens with one attached hydrogen (secondary N) is 4. The summed E-state index contributed by atoms with van der Waals surface area (Å²) in [6.45, 7) is 1.97. The average Bonchev–Trinajstić information content (AvgIpc) is 3.72. The number of anilines is 2. The Morgan fingerprint density at radius 3 is 2.39 bits per heavy atom. The minimum absolute atomic E-state index is 0.0497. The number of para-hydroxylation sites is 1. The monoisotopic (exact) mass is 751 g/mol. The summed E-state index contributed by atoms with van der Waals surface area (Å²) in [5, 5.41) is 9.31. The van der Waals surface area contributed by atoms with Crippen LogP contribution >= 0.6 is 11.6 Å². The first-order valence-electron chi connectivity index (χ1n) is 17.2. The minimum Gasteiger partial charge on any atom is -0.457 e. The molecule has 54 heavy (non-hydrogen) atoms. The number of ketones is 1. The Kier molecular flexibility index (Phi) is 10.9. The van der Waals surface area contributed by atoms with Gasteiger partial charge in [-0.15, -0.1) is 0 Å². The lowest BCUT2D eigenvalue weighted by molar-refractivity contribution is -0.136. The summed E-state index contributed by atoms with van der Waals surface area (Å²) in [5.41, 5.74) is 1.99. The van der Waals surface area contributed by atoms with Gasteiger partial charge in [-0.3, -0.25) is 34.2 Å². The van der Waals surface area contributed by atoms with Crippen molar-refractivity contribution in [3.63, 3.8) is 0 Å². The third-order valence-corrected chi connectivity index (χ3v) is 9.13. The Bertz CT molecular complexity index is 2250. The fourth-order valence-corrected chi connectivity index (χ4v) is 6.53. The van der Waals surface area contributed by atoms with Crippen LogP contribution in [0.4, 0.5) is 11.5 Å². The highest BCUT2D eigenvalue weighted by Crippen LogP contribution is 2.33. The van der Waals surface area contributed by atoms with Gasteiger partial charge in [0.2, 0.25) is 11.8 Å². The highest BCUT2D eigenvalue weighted by Gasteiger charge is 2.45. The SMILES string of the molecule is O=C1CCC(N2C(=O)c3cccc(NCCOCCOCCNc4ncnc5[nH]cc(C(=O)c6ccc(Oc7ccccc7)cc6Cl)c45)c3C2=O)C(=O)N1. The Morgan fingerprint density at radius 2 is 1.63 bits per heavy atom. The number of hydrogen-bond donors (Lipinski definition) is 4. The number of aromatic amines is 1. The van der Waals surface area contributed by atoms with E-state index >= 15 is 0 Å². The molecule has 0 aliphatic carbocycles. The van der Waals surface area contributed by atoms with Gasteiger partial charge in [-0.1, -0.05) is 35.9 Å². The molecule has 1 unspecified atom stereocenters. The predicted molar refractivity (Wildman–Crippen MR) is 197 cm³/mol. The zero-order valence-corrected chi connectivity index (χ0v) is 29.5. The topological polar surface area (TPSA) is 194 Å². The van der Waals surface area contributed by atoms with Gasteiger partial charge in [0.25, 0.3) is 11.8 Å². The third-order valence-electron chi connectivity index (χ3n) is 8.82. The summed E-state index contributed by atoms with van der Waals surface area (Å²) < 4.78 is 17.2. The van der Waals surface area contributed by atoms with Crippen LogP contribution in [0, 0.1) is 0 Å². The molecule has 16 heteroatoms. The normalized spacial score (nSPS) is 15.4. The molecule has 0 radical (unpaired) electrons. The van der Waals surface area contributed by atoms with Crippen LogP contribution in [0.2, 0.25) is 5.02 Å². The molecule has 1 atom stereocenters. The Morgan fingerprint density at radius 1 is 0.852 bits per heavy atom. The van der Waals surface area contributed by atoms with E-state index in [1.54, 1.807) is 42.6 Å². The van der Waals surface area contributed by atoms with Crippen LogP contribution in [0.3, 0.4) is 0 Å². The molecule has 4 N–H and O–H groups in total. The molecule has 276 valence electrons. The van der Waals surface area contributed by atoms with Crippen LogP contribution in [0.1, 0.15) is 49.5 Å². The molecule has 3 aromatic carbocycles. The standard InChI is InChI=1S/C38H34ClN7O8/c39-27-19-23(54-22-5-2-1-3-6-22)9-10-24(27)33(48)26-20-42-35-32(26)34(43-21-44-35)41-14-16-53-18-17-52-15-13-40-28-8-4-7-25-31(28)38(51)46(37(25)50)29-11-12-30(47)45-36(29)49/h1-10,19-21,29,40H,11-18H2,(H,45,47,49)(H2,41,42,43,44). The van der Waals surface area contributed by atoms with Crippen LogP contribution in [0.5, 0.6) is 11.5 Å². The zero-order chi connectivity index (χ0) is 37.6. The molecule has 4 heterocycles. The van der Waals surface area contributed by atoms with Crippen LogP contribution in [0.15, 0.2) is 79.3 Å². The predicted octanol–water partition coefficient (Wildman–Crippen LogP) is 4.59. The third kappa shape index (κ3) is 7.64. The van der Waals surface area contributed by atoms with Crippen LogP contribution in [-0.2, 0) is 19.1 Å². The van der Waals surface area contributed by atoms with Crippen LogP contribution in [0.25, 0.3) is 11.0 Å². The van der Waals surface area contributed by atoms with Gasteiger partial charge < -0.3 is 29.8 Å². The number of carbonyl (C=O) groups excluding carboxylic acids is 5. The lowest BCUT2D eigenvalue weighted by Crippen LogP contribution is -2.54. The van der Waals surface area contributed by atoms with Crippen LogP contribution in [-0.4, -0.2) is 94.8 Å². The van der Waals surface area contributed by atoms with Crippen molar-refractivity contribution in [2.24, 2.45) is 0 Å². The molecular formula is C38H34ClN7O8. The van der Waals surface area contributed by atoms with Gasteiger partial charge in [0.1, 0.15) is 35.3 Å². The van der Waals surface area contributed by atoms with E-state index < -0.39 is 29.7 Å². The van der Waals surface area contributed by atoms with Crippen molar-refractivity contribution in [3.05, 3.63) is 107 Å². The van der Waals surface area contributed by atoms with Gasteiger partial charge in [0.15, 0.2) is 5.78 Å². The van der Waals surface area contributed by atoms with Crippen molar-refractivity contribution >= 4 is 63.6 Å². The molecule has 7 rings (SSSR count). The summed E-state index contributed by atoms with van der Waals surface area (Å²) in [6, 6.07) is 18.0. The van der Waals surface area contributed by atoms with Crippen molar-refractivity contribution in [2.45, 2.75) is 18.9 Å². The number of H-pyrrole nitrogens is 1. The number of carbonyl (C=O) groups is 5. The van der Waals surface area contributed by atoms with E-state index in [2.05, 4.69) is 30.9 Å². The number of piperidine rings is 1. The average molecular weight is 752 g/mol. The molecule has 2 aliphatic rings. The smallest absolute Gasteiger partial charge is 0.264 e. The number of nitrogens with zero attached hydrogens (tertiary/aromatic N) is 3. The Labute approximate surface area is 313 Å². The van der Waals surface area contributed by atoms with E-state index in [0.29, 0.717) is 84.7 Å². The number of hydrogen-bond acceptors (Lipinski definition) is 12. The van der Waals surface area contributed by atoms with Crippen LogP contribution < -0.4 is 20.7 Å². The molecule has 15 nitrogen and oxygen atoms in total. The molecular weight excluding hydrogens is 718 g/mol. The molecule has 4 amide bonds. The highest BCUT2D eigenvalue weighted by atomic mass is 35.5. The Balaban J connectivity index is 0.853. The molecule has 0 spiro atoms. The Hall–Kier alpha value is -6.16. The van der Waals surface area contributed by atoms with E-state index in [4.69, 9.17) is 25.8 Å². The van der Waals surface area contributed by atoms with Gasteiger partial charge in [0.05, 0.1) is 53.5 Å². The molecule has 1 saturated heterocycles. The minimum atomic E-state index is -1.03. The first-order valence-corrected chi connectivity index (χ1v) is 17.5. The largest absolute Gasteiger partial charge is 0.457 e. The fourth-order valence-electron chi connectivity index (χ4n) is 6.27. The lowest BCUT2D eigenvalue weighted by atomic mass is 10.0. The molecule has 1 fully saturated rings. The maximum atomic E-state index is 13.6. The summed E-state index contributed by atoms with van der Waals surface area (Å²) in [5.74, 6) is -0.923. The maximum Gasteiger partial charge on any atom is 0.264 e. The molecule has 2 aliphatic heterocycles. The molecule has 5 aromatic rings. The quantitative estimate of drug-likeness (QED) is 0.0623. The number of amides is 4. The number of fused-ring (bicyclic) bond motifs is 2. The molecule has 0 bridgehead atoms. The van der Waals surface area contributed by atoms with E-state index in [1.165, 1.54) is 6.33 Å². The number of benzene rings is 3. The van der Waals surface area contributed by atoms with E-state index in [-0.39, 0.29) is 34.8 Å². The maximum absolute atomic E-state index is 13.6. The number of ether oxygens (including phenoxy) is 3. The second-order valence-electron chi connectivity index (χ2n) is 12.3. The number of rotatable bonds is 16. The van der Waals surface area contributed by atoms with Gasteiger partial charge in [-0.25, -0.2) is 9.97 Å². The lowest BCUT2D eigenvalue weighted by Gasteiger charge is -2.27. The second-order valence-corrected chi connectivity index (χ2v) is 12.7. The number of halogens is 1. The summed E-state index contributed by atoms with van der Waals surface area (Å²) in [6.07, 6.45) is 3.11. The van der Waals surface area contributed by atoms with Gasteiger partial charge in [-0.2, -0.15) is 0 Å². The van der Waals surface area contributed by atoms with E-state index in [9.17, 15) is 24.0 Å². The van der Waals surface area contributed by atoms with Crippen molar-refractivity contribution in [3.8, 4) is 11.5 Å². The summed E-state index contributed by atoms with van der Waals surface area (Å²) in [7, 11) is 0. The van der Waals surface area contributed by atoms with E-state index in [1.807, 2.05) is 30.3 Å².